The predicted octanol–water partition coefficient (Wildman–Crippen LogP) is 2.41. The molecule has 0 aliphatic heterocycles. The summed E-state index contributed by atoms with van der Waals surface area (Å²) in [6, 6.07) is 8.53. The highest BCUT2D eigenvalue weighted by atomic mass is 32.2. The van der Waals surface area contributed by atoms with E-state index in [1.165, 1.54) is 22.9 Å². The highest BCUT2D eigenvalue weighted by molar-refractivity contribution is 7.99. The first-order valence-corrected chi connectivity index (χ1v) is 8.49. The van der Waals surface area contributed by atoms with Crippen molar-refractivity contribution in [3.8, 4) is 0 Å². The Balaban J connectivity index is 1.60. The van der Waals surface area contributed by atoms with Gasteiger partial charge in [-0.05, 0) is 37.3 Å². The molecule has 0 unspecified atom stereocenters. The van der Waals surface area contributed by atoms with Gasteiger partial charge < -0.3 is 9.88 Å². The second-order valence-corrected chi connectivity index (χ2v) is 6.53. The van der Waals surface area contributed by atoms with Crippen LogP contribution in [0.2, 0.25) is 0 Å². The molecule has 0 saturated carbocycles. The summed E-state index contributed by atoms with van der Waals surface area (Å²) in [4.78, 5) is 12.2. The normalized spacial score (nSPS) is 17.1. The number of aryl methyl sites for hydroxylation is 2. The molecule has 5 nitrogen and oxygen atoms in total. The topological polar surface area (TPSA) is 59.8 Å². The van der Waals surface area contributed by atoms with E-state index in [9.17, 15) is 4.79 Å². The summed E-state index contributed by atoms with van der Waals surface area (Å²) >= 11 is 1.42. The number of thioether (sulfide) groups is 1. The highest BCUT2D eigenvalue weighted by Crippen LogP contribution is 2.29. The lowest BCUT2D eigenvalue weighted by Crippen LogP contribution is -2.32. The lowest BCUT2D eigenvalue weighted by Gasteiger charge is -2.26. The third-order valence-corrected chi connectivity index (χ3v) is 5.11. The molecule has 6 heteroatoms. The van der Waals surface area contributed by atoms with Gasteiger partial charge in [-0.3, -0.25) is 4.79 Å². The second kappa shape index (κ2) is 6.52. The monoisotopic (exact) mass is 316 g/mol. The van der Waals surface area contributed by atoms with Crippen molar-refractivity contribution in [3.63, 3.8) is 0 Å². The van der Waals surface area contributed by atoms with E-state index in [1.807, 2.05) is 24.6 Å². The van der Waals surface area contributed by atoms with Crippen LogP contribution < -0.4 is 5.32 Å². The van der Waals surface area contributed by atoms with E-state index < -0.39 is 0 Å². The number of carbonyl (C=O) groups excluding carboxylic acids is 1. The molecule has 1 aliphatic rings. The van der Waals surface area contributed by atoms with Gasteiger partial charge in [0.1, 0.15) is 5.82 Å². The minimum Gasteiger partial charge on any atom is -0.349 e. The van der Waals surface area contributed by atoms with Crippen molar-refractivity contribution >= 4 is 17.7 Å². The number of amides is 1. The predicted molar refractivity (Wildman–Crippen MR) is 86.7 cm³/mol. The molecule has 1 aliphatic carbocycles. The van der Waals surface area contributed by atoms with Crippen LogP contribution in [-0.2, 0) is 18.3 Å². The summed E-state index contributed by atoms with van der Waals surface area (Å²) in [7, 11) is 1.91. The van der Waals surface area contributed by atoms with Crippen LogP contribution in [0.1, 0.15) is 35.8 Å². The van der Waals surface area contributed by atoms with Gasteiger partial charge in [0, 0.05) is 7.05 Å². The van der Waals surface area contributed by atoms with Crippen LogP contribution in [0.25, 0.3) is 0 Å². The summed E-state index contributed by atoms with van der Waals surface area (Å²) in [5.74, 6) is 1.27. The van der Waals surface area contributed by atoms with Gasteiger partial charge in [-0.15, -0.1) is 10.2 Å². The van der Waals surface area contributed by atoms with E-state index in [2.05, 4.69) is 33.7 Å². The Morgan fingerprint density at radius 1 is 1.41 bits per heavy atom. The molecule has 0 bridgehead atoms. The Labute approximate surface area is 134 Å². The third-order valence-electron chi connectivity index (χ3n) is 4.09. The molecule has 1 amide bonds. The average Bonchev–Trinajstić information content (AvgIpc) is 2.85. The lowest BCUT2D eigenvalue weighted by molar-refractivity contribution is -0.119. The second-order valence-electron chi connectivity index (χ2n) is 5.59. The zero-order valence-electron chi connectivity index (χ0n) is 12.9. The Hall–Kier alpha value is -1.82. The van der Waals surface area contributed by atoms with Crippen LogP contribution in [0.3, 0.4) is 0 Å². The van der Waals surface area contributed by atoms with Crippen molar-refractivity contribution in [1.29, 1.82) is 0 Å². The maximum atomic E-state index is 12.2. The van der Waals surface area contributed by atoms with Gasteiger partial charge in [-0.1, -0.05) is 36.0 Å². The standard InChI is InChI=1S/C16H20N4OS/c1-11-18-19-16(20(11)2)22-10-15(21)17-14-9-5-7-12-6-3-4-8-13(12)14/h3-4,6,8,14H,5,7,9-10H2,1-2H3,(H,17,21)/t14-/m0/s1. The fraction of sp³-hybridized carbons (Fsp3) is 0.438. The van der Waals surface area contributed by atoms with E-state index in [0.717, 1.165) is 30.2 Å². The zero-order chi connectivity index (χ0) is 15.5. The largest absolute Gasteiger partial charge is 0.349 e. The van der Waals surface area contributed by atoms with Gasteiger partial charge in [0.25, 0.3) is 0 Å². The summed E-state index contributed by atoms with van der Waals surface area (Å²) in [6.45, 7) is 1.90. The van der Waals surface area contributed by atoms with Crippen molar-refractivity contribution in [2.45, 2.75) is 37.4 Å². The molecule has 1 atom stereocenters. The van der Waals surface area contributed by atoms with Crippen LogP contribution in [-0.4, -0.2) is 26.4 Å². The molecule has 0 spiro atoms. The first kappa shape index (κ1) is 15.1. The molecule has 1 heterocycles. The molecule has 2 aromatic rings. The smallest absolute Gasteiger partial charge is 0.230 e. The van der Waals surface area contributed by atoms with Crippen molar-refractivity contribution < 1.29 is 4.79 Å². The molecule has 3 rings (SSSR count). The summed E-state index contributed by atoms with van der Waals surface area (Å²) in [6.07, 6.45) is 3.24. The Kier molecular flexibility index (Phi) is 4.47. The average molecular weight is 316 g/mol. The van der Waals surface area contributed by atoms with Gasteiger partial charge in [-0.25, -0.2) is 0 Å². The quantitative estimate of drug-likeness (QED) is 0.880. The minimum atomic E-state index is 0.0485. The van der Waals surface area contributed by atoms with Crippen LogP contribution in [0.5, 0.6) is 0 Å². The van der Waals surface area contributed by atoms with Crippen molar-refractivity contribution in [3.05, 3.63) is 41.2 Å². The number of nitrogens with zero attached hydrogens (tertiary/aromatic N) is 3. The van der Waals surface area contributed by atoms with Crippen molar-refractivity contribution in [1.82, 2.24) is 20.1 Å². The molecule has 22 heavy (non-hydrogen) atoms. The highest BCUT2D eigenvalue weighted by Gasteiger charge is 2.21. The number of fused-ring (bicyclic) bond motifs is 1. The van der Waals surface area contributed by atoms with Crippen LogP contribution in [0, 0.1) is 6.92 Å². The SMILES string of the molecule is Cc1nnc(SCC(=O)N[C@H]2CCCc3ccccc32)n1C. The van der Waals surface area contributed by atoms with Gasteiger partial charge >= 0.3 is 0 Å². The summed E-state index contributed by atoms with van der Waals surface area (Å²) in [5, 5.41) is 12.0. The fourth-order valence-corrected chi connectivity index (χ4v) is 3.55. The minimum absolute atomic E-state index is 0.0485. The van der Waals surface area contributed by atoms with E-state index in [1.54, 1.807) is 0 Å². The number of carbonyl (C=O) groups is 1. The van der Waals surface area contributed by atoms with Gasteiger partial charge in [0.15, 0.2) is 5.16 Å². The lowest BCUT2D eigenvalue weighted by atomic mass is 9.88. The van der Waals surface area contributed by atoms with Crippen LogP contribution >= 0.6 is 11.8 Å². The Morgan fingerprint density at radius 3 is 3.00 bits per heavy atom. The Morgan fingerprint density at radius 2 is 2.23 bits per heavy atom. The number of benzene rings is 1. The molecule has 0 fully saturated rings. The molecule has 116 valence electrons. The van der Waals surface area contributed by atoms with Gasteiger partial charge in [0.05, 0.1) is 11.8 Å². The number of nitrogens with one attached hydrogen (secondary N) is 1. The Bertz CT molecular complexity index is 683. The van der Waals surface area contributed by atoms with E-state index in [0.29, 0.717) is 5.75 Å². The maximum absolute atomic E-state index is 12.2. The van der Waals surface area contributed by atoms with E-state index in [-0.39, 0.29) is 11.9 Å². The molecule has 0 radical (unpaired) electrons. The van der Waals surface area contributed by atoms with Crippen LogP contribution in [0.4, 0.5) is 0 Å². The molecule has 1 aromatic heterocycles. The number of hydrogen-bond donors (Lipinski definition) is 1. The molecule has 0 saturated heterocycles. The van der Waals surface area contributed by atoms with Crippen LogP contribution in [0.15, 0.2) is 29.4 Å². The first-order valence-electron chi connectivity index (χ1n) is 7.51. The third kappa shape index (κ3) is 3.16. The molecular formula is C16H20N4OS. The van der Waals surface area contributed by atoms with Gasteiger partial charge in [-0.2, -0.15) is 0 Å². The van der Waals surface area contributed by atoms with Crippen molar-refractivity contribution in [2.75, 3.05) is 5.75 Å². The molecule has 1 N–H and O–H groups in total. The number of hydrogen-bond acceptors (Lipinski definition) is 4. The number of aromatic nitrogens is 3. The maximum Gasteiger partial charge on any atom is 0.230 e. The fourth-order valence-electron chi connectivity index (χ4n) is 2.78. The summed E-state index contributed by atoms with van der Waals surface area (Å²) in [5.41, 5.74) is 2.62. The number of rotatable bonds is 4. The molecule has 1 aromatic carbocycles. The first-order chi connectivity index (χ1) is 10.6. The van der Waals surface area contributed by atoms with Gasteiger partial charge in [0.2, 0.25) is 5.91 Å². The molecular weight excluding hydrogens is 296 g/mol. The van der Waals surface area contributed by atoms with E-state index in [4.69, 9.17) is 0 Å². The zero-order valence-corrected chi connectivity index (χ0v) is 13.7. The van der Waals surface area contributed by atoms with E-state index >= 15 is 0 Å². The van der Waals surface area contributed by atoms with Crippen molar-refractivity contribution in [2.24, 2.45) is 7.05 Å². The summed E-state index contributed by atoms with van der Waals surface area (Å²) < 4.78 is 1.90.